The molecule has 7 heteroatoms. The van der Waals surface area contributed by atoms with E-state index < -0.39 is 23.6 Å². The van der Waals surface area contributed by atoms with Gasteiger partial charge in [0.25, 0.3) is 0 Å². The third-order valence-electron chi connectivity index (χ3n) is 2.98. The minimum atomic E-state index is -0.790. The number of hydrogen-bond donors (Lipinski definition) is 3. The van der Waals surface area contributed by atoms with Crippen molar-refractivity contribution in [2.24, 2.45) is 5.73 Å². The SMILES string of the molecule is CC(C)(C)OC(=O)NCCC(=O)N[C@@H](Cc1ccccc1)C(N)=O. The number of nitrogens with one attached hydrogen (secondary N) is 2. The van der Waals surface area contributed by atoms with Gasteiger partial charge in [-0.1, -0.05) is 30.3 Å². The Hall–Kier alpha value is -2.57. The van der Waals surface area contributed by atoms with Crippen molar-refractivity contribution in [2.75, 3.05) is 6.54 Å². The van der Waals surface area contributed by atoms with E-state index in [4.69, 9.17) is 10.5 Å². The lowest BCUT2D eigenvalue weighted by molar-refractivity contribution is -0.127. The zero-order valence-electron chi connectivity index (χ0n) is 14.3. The number of rotatable bonds is 7. The van der Waals surface area contributed by atoms with Crippen LogP contribution in [0.2, 0.25) is 0 Å². The largest absolute Gasteiger partial charge is 0.444 e. The fraction of sp³-hybridized carbons (Fsp3) is 0.471. The van der Waals surface area contributed by atoms with E-state index in [9.17, 15) is 14.4 Å². The van der Waals surface area contributed by atoms with Crippen molar-refractivity contribution in [1.29, 1.82) is 0 Å². The fourth-order valence-corrected chi connectivity index (χ4v) is 1.93. The maximum Gasteiger partial charge on any atom is 0.407 e. The molecule has 0 aliphatic rings. The van der Waals surface area contributed by atoms with Crippen LogP contribution < -0.4 is 16.4 Å². The Labute approximate surface area is 141 Å². The molecule has 0 aliphatic heterocycles. The minimum absolute atomic E-state index is 0.0256. The maximum absolute atomic E-state index is 11.9. The Morgan fingerprint density at radius 2 is 1.79 bits per heavy atom. The Kier molecular flexibility index (Phi) is 7.23. The number of benzene rings is 1. The highest BCUT2D eigenvalue weighted by molar-refractivity contribution is 5.87. The molecular formula is C17H25N3O4. The molecule has 0 saturated carbocycles. The summed E-state index contributed by atoms with van der Waals surface area (Å²) in [7, 11) is 0. The first-order valence-corrected chi connectivity index (χ1v) is 7.77. The molecule has 0 unspecified atom stereocenters. The first-order chi connectivity index (χ1) is 11.2. The van der Waals surface area contributed by atoms with E-state index in [2.05, 4.69) is 10.6 Å². The van der Waals surface area contributed by atoms with E-state index in [1.807, 2.05) is 30.3 Å². The third kappa shape index (κ3) is 8.17. The highest BCUT2D eigenvalue weighted by atomic mass is 16.6. The molecule has 0 spiro atoms. The molecule has 24 heavy (non-hydrogen) atoms. The number of carbonyl (C=O) groups is 3. The van der Waals surface area contributed by atoms with Crippen LogP contribution in [0.5, 0.6) is 0 Å². The second-order valence-electron chi connectivity index (χ2n) is 6.39. The van der Waals surface area contributed by atoms with Gasteiger partial charge in [0.1, 0.15) is 11.6 Å². The smallest absolute Gasteiger partial charge is 0.407 e. The van der Waals surface area contributed by atoms with Crippen LogP contribution in [-0.4, -0.2) is 36.1 Å². The molecule has 7 nitrogen and oxygen atoms in total. The zero-order valence-corrected chi connectivity index (χ0v) is 14.3. The maximum atomic E-state index is 11.9. The predicted molar refractivity (Wildman–Crippen MR) is 90.1 cm³/mol. The van der Waals surface area contributed by atoms with Gasteiger partial charge in [0.2, 0.25) is 11.8 Å². The van der Waals surface area contributed by atoms with Crippen LogP contribution in [0.3, 0.4) is 0 Å². The average Bonchev–Trinajstić information content (AvgIpc) is 2.45. The van der Waals surface area contributed by atoms with Crippen LogP contribution in [0.1, 0.15) is 32.8 Å². The number of primary amides is 1. The van der Waals surface area contributed by atoms with Crippen LogP contribution in [0, 0.1) is 0 Å². The summed E-state index contributed by atoms with van der Waals surface area (Å²) >= 11 is 0. The highest BCUT2D eigenvalue weighted by Gasteiger charge is 2.19. The Morgan fingerprint density at radius 1 is 1.17 bits per heavy atom. The molecule has 3 amide bonds. The Morgan fingerprint density at radius 3 is 2.33 bits per heavy atom. The van der Waals surface area contributed by atoms with E-state index in [0.29, 0.717) is 6.42 Å². The van der Waals surface area contributed by atoms with Crippen molar-refractivity contribution in [3.05, 3.63) is 35.9 Å². The third-order valence-corrected chi connectivity index (χ3v) is 2.98. The van der Waals surface area contributed by atoms with Crippen molar-refractivity contribution in [3.63, 3.8) is 0 Å². The molecule has 132 valence electrons. The fourth-order valence-electron chi connectivity index (χ4n) is 1.93. The summed E-state index contributed by atoms with van der Waals surface area (Å²) in [6.07, 6.45) is -0.245. The first-order valence-electron chi connectivity index (χ1n) is 7.77. The van der Waals surface area contributed by atoms with Crippen molar-refractivity contribution in [1.82, 2.24) is 10.6 Å². The van der Waals surface area contributed by atoms with Gasteiger partial charge in [0, 0.05) is 19.4 Å². The summed E-state index contributed by atoms with van der Waals surface area (Å²) in [6.45, 7) is 5.36. The summed E-state index contributed by atoms with van der Waals surface area (Å²) in [5.74, 6) is -0.974. The van der Waals surface area contributed by atoms with Gasteiger partial charge >= 0.3 is 6.09 Å². The Balaban J connectivity index is 2.41. The van der Waals surface area contributed by atoms with Crippen molar-refractivity contribution < 1.29 is 19.1 Å². The van der Waals surface area contributed by atoms with Gasteiger partial charge in [-0.15, -0.1) is 0 Å². The van der Waals surface area contributed by atoms with E-state index in [-0.39, 0.29) is 18.9 Å². The van der Waals surface area contributed by atoms with E-state index in [0.717, 1.165) is 5.56 Å². The molecule has 0 heterocycles. The van der Waals surface area contributed by atoms with Crippen LogP contribution in [-0.2, 0) is 20.7 Å². The molecule has 1 aromatic rings. The molecule has 1 rings (SSSR count). The number of hydrogen-bond acceptors (Lipinski definition) is 4. The predicted octanol–water partition coefficient (Wildman–Crippen LogP) is 1.11. The monoisotopic (exact) mass is 335 g/mol. The molecule has 4 N–H and O–H groups in total. The molecule has 0 saturated heterocycles. The number of alkyl carbamates (subject to hydrolysis) is 1. The molecule has 0 aliphatic carbocycles. The van der Waals surface area contributed by atoms with E-state index >= 15 is 0 Å². The average molecular weight is 335 g/mol. The molecule has 1 atom stereocenters. The molecule has 1 aromatic carbocycles. The quantitative estimate of drug-likeness (QED) is 0.693. The number of nitrogens with two attached hydrogens (primary N) is 1. The molecule has 0 aromatic heterocycles. The second kappa shape index (κ2) is 8.90. The topological polar surface area (TPSA) is 111 Å². The van der Waals surface area contributed by atoms with E-state index in [1.54, 1.807) is 20.8 Å². The van der Waals surface area contributed by atoms with Gasteiger partial charge in [-0.05, 0) is 26.3 Å². The summed E-state index contributed by atoms with van der Waals surface area (Å²) in [5, 5.41) is 5.07. The Bertz CT molecular complexity index is 567. The van der Waals surface area contributed by atoms with Crippen LogP contribution in [0.4, 0.5) is 4.79 Å². The normalized spacial score (nSPS) is 12.1. The summed E-state index contributed by atoms with van der Waals surface area (Å²) in [4.78, 5) is 34.9. The lowest BCUT2D eigenvalue weighted by Crippen LogP contribution is -2.46. The molecule has 0 fully saturated rings. The molecule has 0 radical (unpaired) electrons. The number of carbonyl (C=O) groups excluding carboxylic acids is 3. The zero-order chi connectivity index (χ0) is 18.2. The van der Waals surface area contributed by atoms with Crippen LogP contribution in [0.25, 0.3) is 0 Å². The second-order valence-corrected chi connectivity index (χ2v) is 6.39. The standard InChI is InChI=1S/C17H25N3O4/c1-17(2,3)24-16(23)19-10-9-14(21)20-13(15(18)22)11-12-7-5-4-6-8-12/h4-8,13H,9-11H2,1-3H3,(H2,18,22)(H,19,23)(H,20,21)/t13-/m0/s1. The van der Waals surface area contributed by atoms with Gasteiger partial charge in [-0.25, -0.2) is 4.79 Å². The van der Waals surface area contributed by atoms with Crippen molar-refractivity contribution in [2.45, 2.75) is 45.3 Å². The van der Waals surface area contributed by atoms with E-state index in [1.165, 1.54) is 0 Å². The number of amides is 3. The summed E-state index contributed by atoms with van der Waals surface area (Å²) in [6, 6.07) is 8.48. The van der Waals surface area contributed by atoms with Crippen molar-refractivity contribution in [3.8, 4) is 0 Å². The number of ether oxygens (including phenoxy) is 1. The molecule has 0 bridgehead atoms. The summed E-state index contributed by atoms with van der Waals surface area (Å²) < 4.78 is 5.06. The van der Waals surface area contributed by atoms with Gasteiger partial charge < -0.3 is 21.1 Å². The lowest BCUT2D eigenvalue weighted by atomic mass is 10.1. The molecular weight excluding hydrogens is 310 g/mol. The van der Waals surface area contributed by atoms with Gasteiger partial charge in [0.05, 0.1) is 0 Å². The van der Waals surface area contributed by atoms with Crippen LogP contribution >= 0.6 is 0 Å². The van der Waals surface area contributed by atoms with Gasteiger partial charge in [-0.2, -0.15) is 0 Å². The highest BCUT2D eigenvalue weighted by Crippen LogP contribution is 2.06. The van der Waals surface area contributed by atoms with Gasteiger partial charge in [-0.3, -0.25) is 9.59 Å². The first kappa shape index (κ1) is 19.5. The summed E-state index contributed by atoms with van der Waals surface area (Å²) in [5.41, 5.74) is 5.63. The lowest BCUT2D eigenvalue weighted by Gasteiger charge is -2.20. The minimum Gasteiger partial charge on any atom is -0.444 e. The van der Waals surface area contributed by atoms with Crippen LogP contribution in [0.15, 0.2) is 30.3 Å². The van der Waals surface area contributed by atoms with Gasteiger partial charge in [0.15, 0.2) is 0 Å². The van der Waals surface area contributed by atoms with Crippen molar-refractivity contribution >= 4 is 17.9 Å².